The van der Waals surface area contributed by atoms with Crippen LogP contribution in [0, 0.1) is 20.2 Å². The van der Waals surface area contributed by atoms with Gasteiger partial charge in [0.1, 0.15) is 35.9 Å². The maximum Gasteiger partial charge on any atom is 0.303 e. The van der Waals surface area contributed by atoms with Gasteiger partial charge in [0.2, 0.25) is 29.5 Å². The first-order chi connectivity index (χ1) is 25.7. The normalized spacial score (nSPS) is 13.3. The number of hydrogen-bond acceptors (Lipinski definition) is 14. The van der Waals surface area contributed by atoms with Crippen LogP contribution in [0.2, 0.25) is 0 Å². The number of carboxylic acid groups (broad SMARTS) is 1. The number of carboxylic acids is 1. The van der Waals surface area contributed by atoms with Gasteiger partial charge in [-0.05, 0) is 45.1 Å². The molecule has 0 radical (unpaired) electrons. The number of benzene rings is 1. The predicted octanol–water partition coefficient (Wildman–Crippen LogP) is -4.34. The second-order valence-corrected chi connectivity index (χ2v) is 11.8. The van der Waals surface area contributed by atoms with Gasteiger partial charge in [-0.15, -0.1) is 0 Å². The van der Waals surface area contributed by atoms with Crippen molar-refractivity contribution >= 4 is 64.5 Å². The van der Waals surface area contributed by atoms with Crippen LogP contribution in [0.25, 0.3) is 0 Å². The quantitative estimate of drug-likeness (QED) is 0.0147. The molecule has 5 atom stereocenters. The Morgan fingerprint density at radius 3 is 1.75 bits per heavy atom. The molecule has 0 heterocycles. The van der Waals surface area contributed by atoms with Gasteiger partial charge in [-0.3, -0.25) is 59.0 Å². The van der Waals surface area contributed by atoms with E-state index in [-0.39, 0.29) is 56.4 Å². The molecule has 1 aromatic carbocycles. The second kappa shape index (κ2) is 22.9. The van der Waals surface area contributed by atoms with E-state index in [0.29, 0.717) is 0 Å². The molecule has 0 aliphatic rings. The number of primary amides is 1. The number of nitrogens with zero attached hydrogens (tertiary/aromatic N) is 4. The molecule has 0 saturated heterocycles. The van der Waals surface area contributed by atoms with E-state index in [4.69, 9.17) is 34.4 Å². The molecule has 5 amide bonds. The predicted molar refractivity (Wildman–Crippen MR) is 195 cm³/mol. The number of nitrogens with one attached hydrogen (secondary N) is 5. The summed E-state index contributed by atoms with van der Waals surface area (Å²) < 4.78 is 0. The number of aliphatic imine (C=N–C) groups is 2. The molecule has 0 aliphatic carbocycles. The molecule has 0 unspecified atom stereocenters. The number of non-ortho nitro benzene ring substituents is 1. The Bertz CT molecular complexity index is 1630. The number of rotatable bonds is 25. The maximum atomic E-state index is 13.5. The lowest BCUT2D eigenvalue weighted by molar-refractivity contribution is -0.393. The van der Waals surface area contributed by atoms with Crippen LogP contribution in [0.1, 0.15) is 45.4 Å². The van der Waals surface area contributed by atoms with Gasteiger partial charge in [0.15, 0.2) is 11.9 Å². The third kappa shape index (κ3) is 17.5. The first-order valence-electron chi connectivity index (χ1n) is 16.5. The first kappa shape index (κ1) is 46.2. The molecular weight excluding hydrogens is 734 g/mol. The standard InChI is InChI=1S/C29H47N15O11/c1-14(39-25(49)16(30)13-38-17-7-6-15(43(52)53)12-21(17)44(54)55)24(48)41-19(5-3-11-37-29(34)35)26(50)42-20(8-9-22(45)46)27(51)40-18(23(31)47)4-2-10-36-28(32)33/h6-7,12,14,16,18-20,38H,2-5,8-11,13,30H2,1H3,(H2,31,47)(H,39,49)(H,40,51)(H,41,48)(H,42,50)(H,45,46)(H4,32,33,36)(H4,34,35,37)/t14-,16-,18-,19-,20-/m0/s1. The minimum absolute atomic E-state index is 0.00121. The maximum absolute atomic E-state index is 13.5. The highest BCUT2D eigenvalue weighted by molar-refractivity contribution is 5.96. The number of carbonyl (C=O) groups is 6. The second-order valence-electron chi connectivity index (χ2n) is 11.8. The van der Waals surface area contributed by atoms with Gasteiger partial charge in [-0.2, -0.15) is 0 Å². The molecule has 0 aliphatic heterocycles. The number of anilines is 1. The molecule has 1 rings (SSSR count). The van der Waals surface area contributed by atoms with E-state index < -0.39 is 106 Å². The SMILES string of the molecule is C[C@H](NC(=O)[C@@H](N)CNc1ccc([N+](=O)[O-])cc1[N+](=O)[O-])C(=O)N[C@@H](CCCN=C(N)N)C(=O)N[C@@H](CCC(=O)O)C(=O)N[C@@H](CCCN=C(N)N)C(N)=O. The minimum atomic E-state index is -1.52. The number of nitrogens with two attached hydrogens (primary N) is 6. The molecule has 55 heavy (non-hydrogen) atoms. The average Bonchev–Trinajstić information content (AvgIpc) is 3.10. The Kier molecular flexibility index (Phi) is 19.3. The van der Waals surface area contributed by atoms with Gasteiger partial charge in [-0.25, -0.2) is 0 Å². The smallest absolute Gasteiger partial charge is 0.303 e. The minimum Gasteiger partial charge on any atom is -0.481 e. The van der Waals surface area contributed by atoms with Crippen molar-refractivity contribution in [3.8, 4) is 0 Å². The van der Waals surface area contributed by atoms with Crippen LogP contribution in [0.5, 0.6) is 0 Å². The molecule has 26 nitrogen and oxygen atoms in total. The molecule has 1 aromatic rings. The lowest BCUT2D eigenvalue weighted by Gasteiger charge is -2.25. The fourth-order valence-electron chi connectivity index (χ4n) is 4.57. The van der Waals surface area contributed by atoms with Gasteiger partial charge in [0.25, 0.3) is 11.4 Å². The molecule has 0 fully saturated rings. The molecule has 0 saturated carbocycles. The zero-order valence-corrected chi connectivity index (χ0v) is 29.8. The third-order valence-electron chi connectivity index (χ3n) is 7.45. The largest absolute Gasteiger partial charge is 0.481 e. The van der Waals surface area contributed by atoms with Gasteiger partial charge >= 0.3 is 5.97 Å². The van der Waals surface area contributed by atoms with Crippen LogP contribution < -0.4 is 61.0 Å². The van der Waals surface area contributed by atoms with Crippen molar-refractivity contribution < 1.29 is 43.7 Å². The summed E-state index contributed by atoms with van der Waals surface area (Å²) in [7, 11) is 0. The molecule has 18 N–H and O–H groups in total. The fraction of sp³-hybridized carbons (Fsp3) is 0.517. The van der Waals surface area contributed by atoms with Crippen molar-refractivity contribution in [2.45, 2.75) is 75.7 Å². The van der Waals surface area contributed by atoms with Crippen LogP contribution in [0.4, 0.5) is 17.1 Å². The van der Waals surface area contributed by atoms with E-state index >= 15 is 0 Å². The first-order valence-corrected chi connectivity index (χ1v) is 16.5. The zero-order valence-electron chi connectivity index (χ0n) is 29.8. The molecular formula is C29H47N15O11. The van der Waals surface area contributed by atoms with E-state index in [0.717, 1.165) is 18.2 Å². The summed E-state index contributed by atoms with van der Waals surface area (Å²) >= 11 is 0. The Labute approximate surface area is 312 Å². The Balaban J connectivity index is 3.09. The fourth-order valence-corrected chi connectivity index (χ4v) is 4.57. The van der Waals surface area contributed by atoms with Crippen molar-refractivity contribution in [2.75, 3.05) is 25.0 Å². The summed E-state index contributed by atoms with van der Waals surface area (Å²) in [4.78, 5) is 104. The molecule has 0 bridgehead atoms. The lowest BCUT2D eigenvalue weighted by Crippen LogP contribution is -2.58. The Hall–Kier alpha value is -6.86. The summed E-state index contributed by atoms with van der Waals surface area (Å²) in [6, 6.07) is -4.08. The third-order valence-corrected chi connectivity index (χ3v) is 7.45. The van der Waals surface area contributed by atoms with Crippen LogP contribution in [0.3, 0.4) is 0 Å². The molecule has 0 spiro atoms. The summed E-state index contributed by atoms with van der Waals surface area (Å²) in [5, 5.41) is 43.7. The van der Waals surface area contributed by atoms with E-state index in [1.807, 2.05) is 0 Å². The van der Waals surface area contributed by atoms with E-state index in [1.165, 1.54) is 6.92 Å². The van der Waals surface area contributed by atoms with Gasteiger partial charge in [-0.1, -0.05) is 0 Å². The van der Waals surface area contributed by atoms with Gasteiger partial charge in [0, 0.05) is 32.1 Å². The number of guanidine groups is 2. The van der Waals surface area contributed by atoms with Crippen molar-refractivity contribution in [1.82, 2.24) is 21.3 Å². The highest BCUT2D eigenvalue weighted by Gasteiger charge is 2.31. The van der Waals surface area contributed by atoms with E-state index in [2.05, 4.69) is 36.6 Å². The number of hydrogen-bond donors (Lipinski definition) is 12. The Morgan fingerprint density at radius 2 is 1.25 bits per heavy atom. The number of nitro groups is 2. The average molecular weight is 782 g/mol. The van der Waals surface area contributed by atoms with Crippen LogP contribution in [-0.4, -0.2) is 112 Å². The lowest BCUT2D eigenvalue weighted by atomic mass is 10.1. The van der Waals surface area contributed by atoms with Crippen molar-refractivity contribution in [3.05, 3.63) is 38.4 Å². The summed E-state index contributed by atoms with van der Waals surface area (Å²) in [5.41, 5.74) is 31.2. The van der Waals surface area contributed by atoms with Crippen LogP contribution in [-0.2, 0) is 28.8 Å². The van der Waals surface area contributed by atoms with E-state index in [1.54, 1.807) is 0 Å². The van der Waals surface area contributed by atoms with Gasteiger partial charge < -0.3 is 66.1 Å². The van der Waals surface area contributed by atoms with Crippen molar-refractivity contribution in [3.63, 3.8) is 0 Å². The van der Waals surface area contributed by atoms with E-state index in [9.17, 15) is 54.1 Å². The molecule has 26 heteroatoms. The number of carbonyl (C=O) groups excluding carboxylic acids is 5. The summed E-state index contributed by atoms with van der Waals surface area (Å²) in [6.45, 7) is 0.980. The number of amides is 5. The highest BCUT2D eigenvalue weighted by atomic mass is 16.6. The zero-order chi connectivity index (χ0) is 41.8. The highest BCUT2D eigenvalue weighted by Crippen LogP contribution is 2.28. The topological polar surface area (TPSA) is 450 Å². The molecule has 304 valence electrons. The van der Waals surface area contributed by atoms with Crippen molar-refractivity contribution in [1.29, 1.82) is 0 Å². The van der Waals surface area contributed by atoms with Gasteiger partial charge in [0.05, 0.1) is 15.9 Å². The Morgan fingerprint density at radius 1 is 0.745 bits per heavy atom. The summed E-state index contributed by atoms with van der Waals surface area (Å²) in [6.07, 6.45) is -0.784. The van der Waals surface area contributed by atoms with Crippen LogP contribution in [0.15, 0.2) is 28.2 Å². The van der Waals surface area contributed by atoms with Crippen molar-refractivity contribution in [2.24, 2.45) is 44.4 Å². The van der Waals surface area contributed by atoms with Crippen LogP contribution >= 0.6 is 0 Å². The summed E-state index contributed by atoms with van der Waals surface area (Å²) in [5.74, 6) is -6.37. The number of aliphatic carboxylic acids is 1. The monoisotopic (exact) mass is 781 g/mol. The molecule has 0 aromatic heterocycles. The number of nitro benzene ring substituents is 2.